The molecule has 3 rings (SSSR count). The molecule has 2 N–H and O–H groups in total. The van der Waals surface area contributed by atoms with Crippen LogP contribution in [0.15, 0.2) is 72.3 Å². The molecule has 7 nitrogen and oxygen atoms in total. The Kier molecular flexibility index (Phi) is 8.03. The van der Waals surface area contributed by atoms with Gasteiger partial charge in [0.1, 0.15) is 23.1 Å². The first-order chi connectivity index (χ1) is 16.4. The van der Waals surface area contributed by atoms with Gasteiger partial charge in [0, 0.05) is 5.69 Å². The van der Waals surface area contributed by atoms with Crippen molar-refractivity contribution in [2.75, 3.05) is 24.4 Å². The molecule has 0 aliphatic carbocycles. The minimum absolute atomic E-state index is 0.0224. The lowest BCUT2D eigenvalue weighted by atomic mass is 10.1. The normalized spacial score (nSPS) is 10.7. The van der Waals surface area contributed by atoms with Crippen molar-refractivity contribution in [2.45, 2.75) is 13.8 Å². The fraction of sp³-hybridized carbons (Fsp3) is 0.148. The molecule has 3 aromatic carbocycles. The van der Waals surface area contributed by atoms with E-state index in [4.69, 9.17) is 9.47 Å². The van der Waals surface area contributed by atoms with E-state index in [2.05, 4.69) is 10.6 Å². The molecule has 0 saturated carbocycles. The number of nitrogens with zero attached hydrogens (tertiary/aromatic N) is 1. The first-order valence-electron chi connectivity index (χ1n) is 10.6. The topological polar surface area (TPSA) is 100 Å². The summed E-state index contributed by atoms with van der Waals surface area (Å²) in [6.45, 7) is 3.64. The molecule has 0 spiro atoms. The van der Waals surface area contributed by atoms with E-state index in [0.29, 0.717) is 28.4 Å². The van der Waals surface area contributed by atoms with E-state index >= 15 is 0 Å². The molecule has 0 atom stereocenters. The number of methoxy groups -OCH3 is 1. The fourth-order valence-electron chi connectivity index (χ4n) is 3.12. The Hall–Kier alpha value is -4.57. The SMILES string of the molecule is COc1ccccc1NC(=O)COc1ccc(/C=C(\C#N)C(=O)Nc2cc(C)ccc2C)cc1. The van der Waals surface area contributed by atoms with Gasteiger partial charge in [-0.25, -0.2) is 0 Å². The van der Waals surface area contributed by atoms with Crippen LogP contribution in [0.25, 0.3) is 6.08 Å². The van der Waals surface area contributed by atoms with Gasteiger partial charge in [0.05, 0.1) is 12.8 Å². The maximum atomic E-state index is 12.6. The number of amides is 2. The average Bonchev–Trinajstić information content (AvgIpc) is 2.84. The summed E-state index contributed by atoms with van der Waals surface area (Å²) < 4.78 is 10.7. The molecular weight excluding hydrogens is 430 g/mol. The highest BCUT2D eigenvalue weighted by molar-refractivity contribution is 6.10. The van der Waals surface area contributed by atoms with Gasteiger partial charge >= 0.3 is 0 Å². The number of carbonyl (C=O) groups is 2. The molecule has 0 heterocycles. The maximum Gasteiger partial charge on any atom is 0.266 e. The maximum absolute atomic E-state index is 12.6. The zero-order valence-corrected chi connectivity index (χ0v) is 19.2. The van der Waals surface area contributed by atoms with Crippen molar-refractivity contribution in [2.24, 2.45) is 0 Å². The molecule has 0 bridgehead atoms. The van der Waals surface area contributed by atoms with Gasteiger partial charge in [0.2, 0.25) is 0 Å². The summed E-state index contributed by atoms with van der Waals surface area (Å²) in [5.74, 6) is 0.223. The predicted octanol–water partition coefficient (Wildman–Crippen LogP) is 4.88. The number of carbonyl (C=O) groups excluding carboxylic acids is 2. The predicted molar refractivity (Wildman–Crippen MR) is 132 cm³/mol. The summed E-state index contributed by atoms with van der Waals surface area (Å²) in [4.78, 5) is 24.8. The molecule has 7 heteroatoms. The van der Waals surface area contributed by atoms with Crippen molar-refractivity contribution in [3.05, 3.63) is 89.0 Å². The number of hydrogen-bond donors (Lipinski definition) is 2. The third-order valence-corrected chi connectivity index (χ3v) is 4.95. The second kappa shape index (κ2) is 11.3. The average molecular weight is 456 g/mol. The monoisotopic (exact) mass is 455 g/mol. The molecule has 0 saturated heterocycles. The summed E-state index contributed by atoms with van der Waals surface area (Å²) in [7, 11) is 1.53. The number of rotatable bonds is 8. The second-order valence-corrected chi connectivity index (χ2v) is 7.55. The van der Waals surface area contributed by atoms with E-state index in [0.717, 1.165) is 11.1 Å². The number of ether oxygens (including phenoxy) is 2. The summed E-state index contributed by atoms with van der Waals surface area (Å²) in [6, 6.07) is 21.5. The van der Waals surface area contributed by atoms with Gasteiger partial charge < -0.3 is 20.1 Å². The fourth-order valence-corrected chi connectivity index (χ4v) is 3.12. The molecule has 0 radical (unpaired) electrons. The molecule has 0 unspecified atom stereocenters. The zero-order chi connectivity index (χ0) is 24.5. The van der Waals surface area contributed by atoms with E-state index < -0.39 is 5.91 Å². The Bertz CT molecular complexity index is 1260. The highest BCUT2D eigenvalue weighted by atomic mass is 16.5. The lowest BCUT2D eigenvalue weighted by molar-refractivity contribution is -0.118. The van der Waals surface area contributed by atoms with E-state index in [1.807, 2.05) is 44.2 Å². The molecule has 0 fully saturated rings. The van der Waals surface area contributed by atoms with Gasteiger partial charge in [-0.15, -0.1) is 0 Å². The third kappa shape index (κ3) is 6.47. The molecule has 3 aromatic rings. The Morgan fingerprint density at radius 1 is 0.971 bits per heavy atom. The standard InChI is InChI=1S/C27H25N3O4/c1-18-8-9-19(2)24(14-18)30-27(32)21(16-28)15-20-10-12-22(13-11-20)34-17-26(31)29-23-6-4-5-7-25(23)33-3/h4-15H,17H2,1-3H3,(H,29,31)(H,30,32)/b21-15+. The molecular formula is C27H25N3O4. The van der Waals surface area contributed by atoms with Crippen LogP contribution in [0, 0.1) is 25.2 Å². The van der Waals surface area contributed by atoms with Crippen molar-refractivity contribution >= 4 is 29.3 Å². The Morgan fingerprint density at radius 3 is 2.41 bits per heavy atom. The lowest BCUT2D eigenvalue weighted by Crippen LogP contribution is -2.20. The van der Waals surface area contributed by atoms with E-state index in [1.165, 1.54) is 13.2 Å². The molecule has 0 aliphatic rings. The highest BCUT2D eigenvalue weighted by Crippen LogP contribution is 2.23. The van der Waals surface area contributed by atoms with Crippen LogP contribution in [-0.2, 0) is 9.59 Å². The van der Waals surface area contributed by atoms with Crippen molar-refractivity contribution < 1.29 is 19.1 Å². The van der Waals surface area contributed by atoms with Crippen LogP contribution in [0.1, 0.15) is 16.7 Å². The Labute approximate surface area is 198 Å². The minimum Gasteiger partial charge on any atom is -0.495 e. The van der Waals surface area contributed by atoms with Crippen LogP contribution >= 0.6 is 0 Å². The van der Waals surface area contributed by atoms with Crippen molar-refractivity contribution in [1.82, 2.24) is 0 Å². The number of aryl methyl sites for hydroxylation is 2. The van der Waals surface area contributed by atoms with E-state index in [-0.39, 0.29) is 18.1 Å². The Morgan fingerprint density at radius 2 is 1.71 bits per heavy atom. The molecule has 2 amide bonds. The summed E-state index contributed by atoms with van der Waals surface area (Å²) >= 11 is 0. The largest absolute Gasteiger partial charge is 0.495 e. The molecule has 0 aliphatic heterocycles. The smallest absolute Gasteiger partial charge is 0.266 e. The molecule has 172 valence electrons. The summed E-state index contributed by atoms with van der Waals surface area (Å²) in [6.07, 6.45) is 1.50. The molecule has 34 heavy (non-hydrogen) atoms. The van der Waals surface area contributed by atoms with E-state index in [1.54, 1.807) is 42.5 Å². The van der Waals surface area contributed by atoms with Gasteiger partial charge in [-0.1, -0.05) is 36.4 Å². The van der Waals surface area contributed by atoms with Crippen molar-refractivity contribution in [3.63, 3.8) is 0 Å². The number of benzene rings is 3. The van der Waals surface area contributed by atoms with Crippen LogP contribution in [-0.4, -0.2) is 25.5 Å². The minimum atomic E-state index is -0.482. The van der Waals surface area contributed by atoms with Crippen LogP contribution in [0.3, 0.4) is 0 Å². The quantitative estimate of drug-likeness (QED) is 0.373. The van der Waals surface area contributed by atoms with Crippen LogP contribution < -0.4 is 20.1 Å². The first kappa shape index (κ1) is 24.1. The zero-order valence-electron chi connectivity index (χ0n) is 19.2. The van der Waals surface area contributed by atoms with Gasteiger partial charge in [0.15, 0.2) is 6.61 Å². The Balaban J connectivity index is 1.60. The van der Waals surface area contributed by atoms with Crippen molar-refractivity contribution in [1.29, 1.82) is 5.26 Å². The van der Waals surface area contributed by atoms with Gasteiger partial charge in [-0.05, 0) is 66.9 Å². The number of para-hydroxylation sites is 2. The van der Waals surface area contributed by atoms with E-state index in [9.17, 15) is 14.9 Å². The number of nitriles is 1. The number of hydrogen-bond acceptors (Lipinski definition) is 5. The number of nitrogens with one attached hydrogen (secondary N) is 2. The lowest BCUT2D eigenvalue weighted by Gasteiger charge is -2.11. The van der Waals surface area contributed by atoms with Gasteiger partial charge in [0.25, 0.3) is 11.8 Å². The van der Waals surface area contributed by atoms with Crippen LogP contribution in [0.4, 0.5) is 11.4 Å². The van der Waals surface area contributed by atoms with Crippen LogP contribution in [0.5, 0.6) is 11.5 Å². The second-order valence-electron chi connectivity index (χ2n) is 7.55. The highest BCUT2D eigenvalue weighted by Gasteiger charge is 2.12. The number of anilines is 2. The summed E-state index contributed by atoms with van der Waals surface area (Å²) in [5, 5.41) is 15.0. The van der Waals surface area contributed by atoms with Gasteiger partial charge in [-0.2, -0.15) is 5.26 Å². The van der Waals surface area contributed by atoms with Crippen molar-refractivity contribution in [3.8, 4) is 17.6 Å². The first-order valence-corrected chi connectivity index (χ1v) is 10.6. The molecule has 0 aromatic heterocycles. The summed E-state index contributed by atoms with van der Waals surface area (Å²) in [5.41, 5.74) is 3.77. The third-order valence-electron chi connectivity index (χ3n) is 4.95. The van der Waals surface area contributed by atoms with Crippen LogP contribution in [0.2, 0.25) is 0 Å². The van der Waals surface area contributed by atoms with Gasteiger partial charge in [-0.3, -0.25) is 9.59 Å².